The van der Waals surface area contributed by atoms with E-state index in [4.69, 9.17) is 4.74 Å². The van der Waals surface area contributed by atoms with Gasteiger partial charge in [0.25, 0.3) is 0 Å². The summed E-state index contributed by atoms with van der Waals surface area (Å²) >= 11 is 0. The number of nitrogens with zero attached hydrogens (tertiary/aromatic N) is 1. The predicted octanol–water partition coefficient (Wildman–Crippen LogP) is 2.11. The van der Waals surface area contributed by atoms with E-state index in [0.29, 0.717) is 12.8 Å². The number of hydrogen-bond donors (Lipinski definition) is 1. The molecule has 8 heteroatoms. The number of piperidine rings is 1. The van der Waals surface area contributed by atoms with Crippen LogP contribution in [0.1, 0.15) is 40.0 Å². The number of ether oxygens (including phenoxy) is 1. The smallest absolute Gasteiger partial charge is 0.403 e. The van der Waals surface area contributed by atoms with Gasteiger partial charge in [0.1, 0.15) is 12.6 Å². The van der Waals surface area contributed by atoms with Crippen molar-refractivity contribution < 1.29 is 27.5 Å². The Balaban J connectivity index is 2.76. The SMILES string of the molecule is CCOC(=O)CN(C)C(=O)C(C)(C)[C@H]1CCC[C@@H](C(F)(F)F)N1. The summed E-state index contributed by atoms with van der Waals surface area (Å²) in [5.74, 6) is -0.921. The number of nitrogens with one attached hydrogen (secondary N) is 1. The van der Waals surface area contributed by atoms with Crippen LogP contribution in [0, 0.1) is 5.41 Å². The molecule has 1 N–H and O–H groups in total. The van der Waals surface area contributed by atoms with Crippen molar-refractivity contribution in [1.82, 2.24) is 10.2 Å². The zero-order chi connectivity index (χ0) is 17.8. The molecular formula is C15H25F3N2O3. The van der Waals surface area contributed by atoms with Gasteiger partial charge in [-0.2, -0.15) is 13.2 Å². The maximum Gasteiger partial charge on any atom is 0.403 e. The van der Waals surface area contributed by atoms with Crippen LogP contribution < -0.4 is 5.32 Å². The molecule has 0 aromatic rings. The first-order chi connectivity index (χ1) is 10.5. The van der Waals surface area contributed by atoms with Crippen molar-refractivity contribution in [3.05, 3.63) is 0 Å². The topological polar surface area (TPSA) is 58.6 Å². The number of rotatable bonds is 5. The standard InChI is InChI=1S/C15H25F3N2O3/c1-5-23-12(21)9-20(4)13(22)14(2,3)10-7-6-8-11(19-10)15(16,17)18/h10-11,19H,5-9H2,1-4H3/t10-,11+/m1/s1. The highest BCUT2D eigenvalue weighted by atomic mass is 19.4. The highest BCUT2D eigenvalue weighted by Gasteiger charge is 2.47. The molecule has 0 aromatic carbocycles. The monoisotopic (exact) mass is 338 g/mol. The van der Waals surface area contributed by atoms with Crippen molar-refractivity contribution in [2.75, 3.05) is 20.2 Å². The number of carbonyl (C=O) groups is 2. The predicted molar refractivity (Wildman–Crippen MR) is 78.7 cm³/mol. The quantitative estimate of drug-likeness (QED) is 0.780. The Labute approximate surface area is 134 Å². The summed E-state index contributed by atoms with van der Waals surface area (Å²) < 4.78 is 43.5. The highest BCUT2D eigenvalue weighted by Crippen LogP contribution is 2.34. The van der Waals surface area contributed by atoms with Crippen molar-refractivity contribution in [3.63, 3.8) is 0 Å². The van der Waals surface area contributed by atoms with Crippen LogP contribution in [0.15, 0.2) is 0 Å². The Morgan fingerprint density at radius 3 is 2.30 bits per heavy atom. The van der Waals surface area contributed by atoms with Gasteiger partial charge in [0, 0.05) is 13.1 Å². The van der Waals surface area contributed by atoms with Crippen molar-refractivity contribution in [1.29, 1.82) is 0 Å². The molecule has 1 aliphatic rings. The van der Waals surface area contributed by atoms with Crippen LogP contribution in [0.5, 0.6) is 0 Å². The molecule has 1 rings (SSSR count). The zero-order valence-corrected chi connectivity index (χ0v) is 14.0. The zero-order valence-electron chi connectivity index (χ0n) is 14.0. The normalized spacial score (nSPS) is 22.6. The molecule has 0 spiro atoms. The Morgan fingerprint density at radius 2 is 1.78 bits per heavy atom. The Morgan fingerprint density at radius 1 is 1.22 bits per heavy atom. The van der Waals surface area contributed by atoms with Gasteiger partial charge in [-0.1, -0.05) is 0 Å². The van der Waals surface area contributed by atoms with Gasteiger partial charge in [0.15, 0.2) is 0 Å². The van der Waals surface area contributed by atoms with Gasteiger partial charge in [-0.05, 0) is 40.0 Å². The van der Waals surface area contributed by atoms with E-state index in [1.165, 1.54) is 11.9 Å². The summed E-state index contributed by atoms with van der Waals surface area (Å²) in [6, 6.07) is -2.19. The summed E-state index contributed by atoms with van der Waals surface area (Å²) in [4.78, 5) is 25.2. The molecular weight excluding hydrogens is 313 g/mol. The largest absolute Gasteiger partial charge is 0.465 e. The van der Waals surface area contributed by atoms with Crippen molar-refractivity contribution in [2.24, 2.45) is 5.41 Å². The van der Waals surface area contributed by atoms with Gasteiger partial charge in [-0.25, -0.2) is 0 Å². The summed E-state index contributed by atoms with van der Waals surface area (Å²) in [6.45, 7) is 4.86. The Hall–Kier alpha value is -1.31. The van der Waals surface area contributed by atoms with Gasteiger partial charge in [-0.15, -0.1) is 0 Å². The minimum Gasteiger partial charge on any atom is -0.465 e. The third-order valence-electron chi connectivity index (χ3n) is 4.22. The van der Waals surface area contributed by atoms with Gasteiger partial charge in [0.05, 0.1) is 12.0 Å². The maximum atomic E-state index is 12.9. The van der Waals surface area contributed by atoms with Crippen LogP contribution in [0.2, 0.25) is 0 Å². The second kappa shape index (κ2) is 7.51. The Kier molecular flexibility index (Phi) is 6.44. The maximum absolute atomic E-state index is 12.9. The number of halogens is 3. The molecule has 1 fully saturated rings. The van der Waals surface area contributed by atoms with E-state index in [1.807, 2.05) is 0 Å². The summed E-state index contributed by atoms with van der Waals surface area (Å²) in [5, 5.41) is 2.56. The van der Waals surface area contributed by atoms with Crippen LogP contribution >= 0.6 is 0 Å². The average molecular weight is 338 g/mol. The minimum atomic E-state index is -4.32. The molecule has 0 unspecified atom stereocenters. The number of likely N-dealkylation sites (N-methyl/N-ethyl adjacent to an activating group) is 1. The molecule has 1 amide bonds. The number of hydrogen-bond acceptors (Lipinski definition) is 4. The molecule has 23 heavy (non-hydrogen) atoms. The van der Waals surface area contributed by atoms with Crippen molar-refractivity contribution in [3.8, 4) is 0 Å². The third-order valence-corrected chi connectivity index (χ3v) is 4.22. The number of amides is 1. The summed E-state index contributed by atoms with van der Waals surface area (Å²) in [5.41, 5.74) is -1.05. The van der Waals surface area contributed by atoms with Crippen LogP contribution in [-0.4, -0.2) is 55.2 Å². The molecule has 0 aromatic heterocycles. The lowest BCUT2D eigenvalue weighted by molar-refractivity contribution is -0.169. The molecule has 1 saturated heterocycles. The minimum absolute atomic E-state index is 0.0168. The van der Waals surface area contributed by atoms with Crippen LogP contribution in [0.25, 0.3) is 0 Å². The highest BCUT2D eigenvalue weighted by molar-refractivity contribution is 5.86. The lowest BCUT2D eigenvalue weighted by Gasteiger charge is -2.41. The molecule has 134 valence electrons. The van der Waals surface area contributed by atoms with E-state index in [1.54, 1.807) is 20.8 Å². The van der Waals surface area contributed by atoms with E-state index in [2.05, 4.69) is 5.32 Å². The fourth-order valence-electron chi connectivity index (χ4n) is 2.88. The van der Waals surface area contributed by atoms with Crippen LogP contribution in [0.3, 0.4) is 0 Å². The fraction of sp³-hybridized carbons (Fsp3) is 0.867. The summed E-state index contributed by atoms with van der Waals surface area (Å²) in [6.07, 6.45) is -3.42. The second-order valence-corrected chi connectivity index (χ2v) is 6.43. The molecule has 0 aliphatic carbocycles. The molecule has 2 atom stereocenters. The van der Waals surface area contributed by atoms with E-state index < -0.39 is 29.6 Å². The number of esters is 1. The first-order valence-corrected chi connectivity index (χ1v) is 7.74. The van der Waals surface area contributed by atoms with E-state index in [9.17, 15) is 22.8 Å². The first kappa shape index (κ1) is 19.7. The van der Waals surface area contributed by atoms with Gasteiger partial charge < -0.3 is 15.0 Å². The lowest BCUT2D eigenvalue weighted by atomic mass is 9.77. The number of carbonyl (C=O) groups excluding carboxylic acids is 2. The molecule has 1 heterocycles. The van der Waals surface area contributed by atoms with E-state index in [-0.39, 0.29) is 25.5 Å². The second-order valence-electron chi connectivity index (χ2n) is 6.43. The number of alkyl halides is 3. The molecule has 5 nitrogen and oxygen atoms in total. The van der Waals surface area contributed by atoms with E-state index >= 15 is 0 Å². The summed E-state index contributed by atoms with van der Waals surface area (Å²) in [7, 11) is 1.45. The van der Waals surface area contributed by atoms with Gasteiger partial charge >= 0.3 is 12.1 Å². The molecule has 0 radical (unpaired) electrons. The van der Waals surface area contributed by atoms with Gasteiger partial charge in [0.2, 0.25) is 5.91 Å². The Bertz CT molecular complexity index is 438. The molecule has 1 aliphatic heterocycles. The van der Waals surface area contributed by atoms with Crippen molar-refractivity contribution in [2.45, 2.75) is 58.3 Å². The first-order valence-electron chi connectivity index (χ1n) is 7.74. The fourth-order valence-corrected chi connectivity index (χ4v) is 2.88. The van der Waals surface area contributed by atoms with Crippen LogP contribution in [-0.2, 0) is 14.3 Å². The molecule has 0 saturated carbocycles. The molecule has 0 bridgehead atoms. The van der Waals surface area contributed by atoms with E-state index in [0.717, 1.165) is 0 Å². The third kappa shape index (κ3) is 5.09. The van der Waals surface area contributed by atoms with Crippen molar-refractivity contribution >= 4 is 11.9 Å². The lowest BCUT2D eigenvalue weighted by Crippen LogP contribution is -2.59. The van der Waals surface area contributed by atoms with Gasteiger partial charge in [-0.3, -0.25) is 9.59 Å². The average Bonchev–Trinajstić information content (AvgIpc) is 2.45. The van der Waals surface area contributed by atoms with Crippen LogP contribution in [0.4, 0.5) is 13.2 Å².